The van der Waals surface area contributed by atoms with Crippen LogP contribution in [0.5, 0.6) is 5.75 Å². The van der Waals surface area contributed by atoms with Gasteiger partial charge in [0, 0.05) is 18.2 Å². The molecule has 3 aromatic carbocycles. The SMILES string of the molecule is CCCC[C@@H](OCc1ccc(C(=O)N[C@@H](CCS(C)(=O)=O)C(=O)O)c(-c2ccccc2C)c1)c1ccc2c(c1)OCC2. The summed E-state index contributed by atoms with van der Waals surface area (Å²) in [5.74, 6) is -1.29. The number of fused-ring (bicyclic) bond motifs is 1. The molecule has 0 fully saturated rings. The maximum atomic E-state index is 13.4. The average Bonchev–Trinajstić information content (AvgIpc) is 3.43. The van der Waals surface area contributed by atoms with E-state index in [9.17, 15) is 23.1 Å². The molecular weight excluding hydrogens is 554 g/mol. The molecule has 0 aromatic heterocycles. The summed E-state index contributed by atoms with van der Waals surface area (Å²) < 4.78 is 35.5. The van der Waals surface area contributed by atoms with Crippen LogP contribution < -0.4 is 10.1 Å². The van der Waals surface area contributed by atoms with Crippen LogP contribution in [0.2, 0.25) is 0 Å². The molecule has 0 spiro atoms. The zero-order chi connectivity index (χ0) is 30.3. The summed E-state index contributed by atoms with van der Waals surface area (Å²) >= 11 is 0. The van der Waals surface area contributed by atoms with Crippen LogP contribution in [0.25, 0.3) is 11.1 Å². The summed E-state index contributed by atoms with van der Waals surface area (Å²) in [7, 11) is -3.39. The second-order valence-corrected chi connectivity index (χ2v) is 13.1. The minimum Gasteiger partial charge on any atom is -0.493 e. The number of hydrogen-bond acceptors (Lipinski definition) is 6. The van der Waals surface area contributed by atoms with E-state index in [-0.39, 0.29) is 18.3 Å². The zero-order valence-corrected chi connectivity index (χ0v) is 25.2. The lowest BCUT2D eigenvalue weighted by Gasteiger charge is -2.20. The number of rotatable bonds is 14. The van der Waals surface area contributed by atoms with Crippen molar-refractivity contribution in [3.05, 3.63) is 88.5 Å². The van der Waals surface area contributed by atoms with E-state index in [1.807, 2.05) is 43.3 Å². The van der Waals surface area contributed by atoms with Crippen molar-refractivity contribution in [1.82, 2.24) is 5.32 Å². The summed E-state index contributed by atoms with van der Waals surface area (Å²) in [6.07, 6.45) is 4.54. The maximum absolute atomic E-state index is 13.4. The number of ether oxygens (including phenoxy) is 2. The molecule has 2 atom stereocenters. The highest BCUT2D eigenvalue weighted by Crippen LogP contribution is 2.33. The molecule has 2 N–H and O–H groups in total. The normalized spacial score (nSPS) is 14.1. The quantitative estimate of drug-likeness (QED) is 0.247. The fourth-order valence-electron chi connectivity index (χ4n) is 5.12. The van der Waals surface area contributed by atoms with Crippen molar-refractivity contribution < 1.29 is 32.6 Å². The minimum atomic E-state index is -3.39. The van der Waals surface area contributed by atoms with Crippen LogP contribution in [0.3, 0.4) is 0 Å². The highest BCUT2D eigenvalue weighted by Gasteiger charge is 2.25. The number of benzene rings is 3. The number of sulfone groups is 1. The smallest absolute Gasteiger partial charge is 0.326 e. The Morgan fingerprint density at radius 2 is 1.83 bits per heavy atom. The van der Waals surface area contributed by atoms with E-state index in [2.05, 4.69) is 30.4 Å². The second-order valence-electron chi connectivity index (χ2n) is 10.9. The van der Waals surface area contributed by atoms with Crippen LogP contribution in [-0.4, -0.2) is 50.1 Å². The molecule has 0 saturated carbocycles. The van der Waals surface area contributed by atoms with Gasteiger partial charge in [0.25, 0.3) is 5.91 Å². The molecule has 8 nitrogen and oxygen atoms in total. The van der Waals surface area contributed by atoms with Crippen LogP contribution in [0.15, 0.2) is 60.7 Å². The van der Waals surface area contributed by atoms with E-state index < -0.39 is 27.8 Å². The standard InChI is InChI=1S/C33H39NO7S/c1-4-5-10-30(25-13-12-24-15-17-40-31(24)20-25)41-21-23-11-14-27(28(19-23)26-9-7-6-8-22(26)2)32(35)34-29(33(36)37)16-18-42(3,38)39/h6-9,11-14,19-20,29-30H,4-5,10,15-18,21H2,1-3H3,(H,34,35)(H,36,37)/t29-,30+/m0/s1. The van der Waals surface area contributed by atoms with Gasteiger partial charge in [-0.05, 0) is 71.3 Å². The van der Waals surface area contributed by atoms with E-state index in [1.54, 1.807) is 6.07 Å². The molecule has 1 aliphatic heterocycles. The first-order valence-corrected chi connectivity index (χ1v) is 16.4. The van der Waals surface area contributed by atoms with E-state index in [1.165, 1.54) is 5.56 Å². The van der Waals surface area contributed by atoms with Gasteiger partial charge in [0.15, 0.2) is 0 Å². The van der Waals surface area contributed by atoms with Crippen LogP contribution in [0, 0.1) is 6.92 Å². The van der Waals surface area contributed by atoms with Gasteiger partial charge in [-0.15, -0.1) is 0 Å². The first kappa shape index (κ1) is 31.3. The number of aryl methyl sites for hydroxylation is 1. The molecule has 3 aromatic rings. The number of unbranched alkanes of at least 4 members (excludes halogenated alkanes) is 1. The molecule has 1 heterocycles. The number of carbonyl (C=O) groups excluding carboxylic acids is 1. The molecule has 0 aliphatic carbocycles. The molecule has 0 unspecified atom stereocenters. The van der Waals surface area contributed by atoms with Crippen molar-refractivity contribution in [3.63, 3.8) is 0 Å². The number of carbonyl (C=O) groups is 2. The Labute approximate surface area is 248 Å². The van der Waals surface area contributed by atoms with Gasteiger partial charge in [-0.3, -0.25) is 4.79 Å². The molecule has 224 valence electrons. The Kier molecular flexibility index (Phi) is 10.4. The van der Waals surface area contributed by atoms with Crippen molar-refractivity contribution in [2.75, 3.05) is 18.6 Å². The lowest BCUT2D eigenvalue weighted by atomic mass is 9.93. The Hall–Kier alpha value is -3.69. The van der Waals surface area contributed by atoms with Gasteiger partial charge in [-0.25, -0.2) is 13.2 Å². The summed E-state index contributed by atoms with van der Waals surface area (Å²) in [5.41, 5.74) is 5.91. The van der Waals surface area contributed by atoms with E-state index in [0.29, 0.717) is 24.3 Å². The van der Waals surface area contributed by atoms with E-state index >= 15 is 0 Å². The van der Waals surface area contributed by atoms with Crippen LogP contribution in [0.4, 0.5) is 0 Å². The monoisotopic (exact) mass is 593 g/mol. The third-order valence-electron chi connectivity index (χ3n) is 7.51. The number of carboxylic acid groups (broad SMARTS) is 1. The van der Waals surface area contributed by atoms with Crippen LogP contribution >= 0.6 is 0 Å². The number of nitrogens with one attached hydrogen (secondary N) is 1. The van der Waals surface area contributed by atoms with E-state index in [0.717, 1.165) is 59.9 Å². The molecule has 0 radical (unpaired) electrons. The summed E-state index contributed by atoms with van der Waals surface area (Å²) in [5, 5.41) is 12.2. The van der Waals surface area contributed by atoms with Crippen molar-refractivity contribution in [1.29, 1.82) is 0 Å². The van der Waals surface area contributed by atoms with Crippen LogP contribution in [0.1, 0.15) is 71.3 Å². The van der Waals surface area contributed by atoms with Gasteiger partial charge in [-0.2, -0.15) is 0 Å². The fourth-order valence-corrected chi connectivity index (χ4v) is 5.78. The molecule has 4 rings (SSSR count). The number of aliphatic carboxylic acids is 1. The van der Waals surface area contributed by atoms with E-state index in [4.69, 9.17) is 9.47 Å². The molecular formula is C33H39NO7S. The largest absolute Gasteiger partial charge is 0.493 e. The Balaban J connectivity index is 1.60. The predicted octanol–water partition coefficient (Wildman–Crippen LogP) is 5.66. The van der Waals surface area contributed by atoms with Crippen molar-refractivity contribution in [3.8, 4) is 16.9 Å². The Morgan fingerprint density at radius 3 is 2.55 bits per heavy atom. The first-order chi connectivity index (χ1) is 20.1. The molecule has 0 saturated heterocycles. The molecule has 42 heavy (non-hydrogen) atoms. The molecule has 1 amide bonds. The minimum absolute atomic E-state index is 0.115. The third-order valence-corrected chi connectivity index (χ3v) is 8.48. The third kappa shape index (κ3) is 8.20. The summed E-state index contributed by atoms with van der Waals surface area (Å²) in [4.78, 5) is 25.2. The topological polar surface area (TPSA) is 119 Å². The number of amides is 1. The number of carboxylic acids is 1. The lowest BCUT2D eigenvalue weighted by molar-refractivity contribution is -0.139. The maximum Gasteiger partial charge on any atom is 0.326 e. The van der Waals surface area contributed by atoms with Gasteiger partial charge in [0.2, 0.25) is 0 Å². The van der Waals surface area contributed by atoms with Gasteiger partial charge >= 0.3 is 5.97 Å². The molecule has 0 bridgehead atoms. The van der Waals surface area contributed by atoms with Gasteiger partial charge in [0.1, 0.15) is 21.6 Å². The predicted molar refractivity (Wildman–Crippen MR) is 163 cm³/mol. The highest BCUT2D eigenvalue weighted by atomic mass is 32.2. The Bertz CT molecular complexity index is 1530. The fraction of sp³-hybridized carbons (Fsp3) is 0.394. The van der Waals surface area contributed by atoms with Crippen LogP contribution in [-0.2, 0) is 32.4 Å². The van der Waals surface area contributed by atoms with Crippen molar-refractivity contribution in [2.45, 2.75) is 64.7 Å². The summed E-state index contributed by atoms with van der Waals surface area (Å²) in [6, 6.07) is 18.0. The zero-order valence-electron chi connectivity index (χ0n) is 24.4. The highest BCUT2D eigenvalue weighted by molar-refractivity contribution is 7.90. The summed E-state index contributed by atoms with van der Waals surface area (Å²) in [6.45, 7) is 5.12. The first-order valence-electron chi connectivity index (χ1n) is 14.3. The number of hydrogen-bond donors (Lipinski definition) is 2. The second kappa shape index (κ2) is 14.0. The van der Waals surface area contributed by atoms with Crippen molar-refractivity contribution >= 4 is 21.7 Å². The van der Waals surface area contributed by atoms with Gasteiger partial charge < -0.3 is 19.9 Å². The van der Waals surface area contributed by atoms with Gasteiger partial charge in [0.05, 0.1) is 25.1 Å². The molecule has 1 aliphatic rings. The van der Waals surface area contributed by atoms with Crippen molar-refractivity contribution in [2.24, 2.45) is 0 Å². The van der Waals surface area contributed by atoms with Gasteiger partial charge in [-0.1, -0.05) is 62.2 Å². The lowest BCUT2D eigenvalue weighted by Crippen LogP contribution is -2.42. The molecule has 9 heteroatoms. The average molecular weight is 594 g/mol. The Morgan fingerprint density at radius 1 is 1.05 bits per heavy atom.